The number of nitrogens with zero attached hydrogens (tertiary/aromatic N) is 3. The molecule has 1 aromatic heterocycles. The van der Waals surface area contributed by atoms with Crippen LogP contribution in [0.15, 0.2) is 53.8 Å². The van der Waals surface area contributed by atoms with E-state index in [2.05, 4.69) is 45.9 Å². The molecule has 0 saturated carbocycles. The van der Waals surface area contributed by atoms with Crippen molar-refractivity contribution in [3.8, 4) is 0 Å². The molecule has 0 fully saturated rings. The van der Waals surface area contributed by atoms with Gasteiger partial charge in [-0.05, 0) is 23.3 Å². The maximum absolute atomic E-state index is 12.4. The molecule has 1 atom stereocenters. The van der Waals surface area contributed by atoms with Gasteiger partial charge in [-0.1, -0.05) is 47.6 Å². The van der Waals surface area contributed by atoms with E-state index in [0.717, 1.165) is 17.0 Å². The van der Waals surface area contributed by atoms with Crippen molar-refractivity contribution in [1.82, 2.24) is 15.1 Å². The second-order valence-electron chi connectivity index (χ2n) is 6.90. The van der Waals surface area contributed by atoms with Gasteiger partial charge in [0.05, 0.1) is 11.4 Å². The van der Waals surface area contributed by atoms with Crippen molar-refractivity contribution in [1.29, 1.82) is 0 Å². The molecule has 6 nitrogen and oxygen atoms in total. The van der Waals surface area contributed by atoms with Crippen LogP contribution in [0.5, 0.6) is 0 Å². The number of carbonyl (C=O) groups excluding carboxylic acids is 1. The van der Waals surface area contributed by atoms with Gasteiger partial charge >= 0.3 is 0 Å². The highest BCUT2D eigenvalue weighted by atomic mass is 16.6. The average molecular weight is 362 g/mol. The van der Waals surface area contributed by atoms with Crippen molar-refractivity contribution in [2.45, 2.75) is 32.4 Å². The molecule has 0 aliphatic carbocycles. The van der Waals surface area contributed by atoms with Crippen LogP contribution in [0.4, 0.5) is 0 Å². The van der Waals surface area contributed by atoms with Gasteiger partial charge in [-0.15, -0.1) is 0 Å². The molecule has 0 radical (unpaired) electrons. The standard InChI is InChI=1S/C21H22N4O2/c1-14-17(13-25(2)23-14)12-22-21(26)20-11-18(24-27-20)10-16-8-5-7-15-6-3-4-9-19(15)16/h3-9,13,20H,10-12H2,1-2H3,(H,22,26)/t20-/m1/s1. The fraction of sp³-hybridized carbons (Fsp3) is 0.286. The van der Waals surface area contributed by atoms with E-state index in [1.54, 1.807) is 4.68 Å². The molecule has 4 rings (SSSR count). The summed E-state index contributed by atoms with van der Waals surface area (Å²) in [5, 5.41) is 13.8. The number of rotatable bonds is 5. The van der Waals surface area contributed by atoms with E-state index < -0.39 is 6.10 Å². The van der Waals surface area contributed by atoms with E-state index in [1.807, 2.05) is 32.3 Å². The molecule has 1 aliphatic heterocycles. The predicted molar refractivity (Wildman–Crippen MR) is 104 cm³/mol. The van der Waals surface area contributed by atoms with Crippen LogP contribution in [0.3, 0.4) is 0 Å². The molecule has 1 N–H and O–H groups in total. The smallest absolute Gasteiger partial charge is 0.264 e. The van der Waals surface area contributed by atoms with E-state index >= 15 is 0 Å². The lowest BCUT2D eigenvalue weighted by atomic mass is 9.98. The SMILES string of the molecule is Cc1nn(C)cc1CNC(=O)[C@H]1CC(Cc2cccc3ccccc23)=NO1. The van der Waals surface area contributed by atoms with Gasteiger partial charge in [0.25, 0.3) is 5.91 Å². The largest absolute Gasteiger partial charge is 0.382 e. The number of amides is 1. The first kappa shape index (κ1) is 17.3. The molecule has 0 saturated heterocycles. The highest BCUT2D eigenvalue weighted by Gasteiger charge is 2.28. The number of hydrogen-bond donors (Lipinski definition) is 1. The van der Waals surface area contributed by atoms with E-state index in [-0.39, 0.29) is 5.91 Å². The van der Waals surface area contributed by atoms with Crippen molar-refractivity contribution in [3.63, 3.8) is 0 Å². The zero-order valence-corrected chi connectivity index (χ0v) is 15.5. The van der Waals surface area contributed by atoms with Gasteiger partial charge in [-0.25, -0.2) is 0 Å². The number of nitrogens with one attached hydrogen (secondary N) is 1. The minimum Gasteiger partial charge on any atom is -0.382 e. The van der Waals surface area contributed by atoms with Crippen LogP contribution < -0.4 is 5.32 Å². The zero-order valence-electron chi connectivity index (χ0n) is 15.5. The lowest BCUT2D eigenvalue weighted by molar-refractivity contribution is -0.131. The lowest BCUT2D eigenvalue weighted by Gasteiger charge is -2.09. The van der Waals surface area contributed by atoms with Gasteiger partial charge in [0, 0.05) is 38.2 Å². The fourth-order valence-corrected chi connectivity index (χ4v) is 3.46. The monoisotopic (exact) mass is 362 g/mol. The molecular weight excluding hydrogens is 340 g/mol. The van der Waals surface area contributed by atoms with E-state index in [9.17, 15) is 4.79 Å². The predicted octanol–water partition coefficient (Wildman–Crippen LogP) is 2.89. The van der Waals surface area contributed by atoms with Gasteiger partial charge in [-0.2, -0.15) is 5.10 Å². The maximum Gasteiger partial charge on any atom is 0.264 e. The summed E-state index contributed by atoms with van der Waals surface area (Å²) in [6, 6.07) is 14.5. The number of aromatic nitrogens is 2. The summed E-state index contributed by atoms with van der Waals surface area (Å²) >= 11 is 0. The number of fused-ring (bicyclic) bond motifs is 1. The van der Waals surface area contributed by atoms with Gasteiger partial charge in [-0.3, -0.25) is 9.48 Å². The third kappa shape index (κ3) is 3.69. The Morgan fingerprint density at radius 1 is 1.22 bits per heavy atom. The number of hydrogen-bond acceptors (Lipinski definition) is 4. The Balaban J connectivity index is 1.36. The Hall–Kier alpha value is -3.15. The maximum atomic E-state index is 12.4. The first-order valence-corrected chi connectivity index (χ1v) is 9.05. The third-order valence-electron chi connectivity index (χ3n) is 4.87. The van der Waals surface area contributed by atoms with Gasteiger partial charge < -0.3 is 10.2 Å². The molecule has 3 aromatic rings. The van der Waals surface area contributed by atoms with Crippen LogP contribution in [-0.2, 0) is 29.6 Å². The highest BCUT2D eigenvalue weighted by Crippen LogP contribution is 2.22. The topological polar surface area (TPSA) is 68.5 Å². The van der Waals surface area contributed by atoms with Crippen LogP contribution in [-0.4, -0.2) is 27.5 Å². The molecular formula is C21H22N4O2. The lowest BCUT2D eigenvalue weighted by Crippen LogP contribution is -2.34. The van der Waals surface area contributed by atoms with E-state index in [1.165, 1.54) is 16.3 Å². The first-order valence-electron chi connectivity index (χ1n) is 9.05. The van der Waals surface area contributed by atoms with Gasteiger partial charge in [0.1, 0.15) is 0 Å². The van der Waals surface area contributed by atoms with Gasteiger partial charge in [0.2, 0.25) is 6.10 Å². The molecule has 0 unspecified atom stereocenters. The number of benzene rings is 2. The molecule has 1 amide bonds. The first-order chi connectivity index (χ1) is 13.1. The summed E-state index contributed by atoms with van der Waals surface area (Å²) in [7, 11) is 1.87. The minimum atomic E-state index is -0.563. The fourth-order valence-electron chi connectivity index (χ4n) is 3.46. The Labute approximate surface area is 157 Å². The Morgan fingerprint density at radius 2 is 2.04 bits per heavy atom. The van der Waals surface area contributed by atoms with Crippen LogP contribution >= 0.6 is 0 Å². The normalized spacial score (nSPS) is 16.2. The molecule has 6 heteroatoms. The second kappa shape index (κ2) is 7.23. The van der Waals surface area contributed by atoms with Crippen molar-refractivity contribution in [2.75, 3.05) is 0 Å². The average Bonchev–Trinajstić information content (AvgIpc) is 3.26. The Kier molecular flexibility index (Phi) is 4.62. The van der Waals surface area contributed by atoms with Crippen molar-refractivity contribution >= 4 is 22.4 Å². The summed E-state index contributed by atoms with van der Waals surface area (Å²) in [6.07, 6.45) is 2.55. The summed E-state index contributed by atoms with van der Waals surface area (Å²) < 4.78 is 1.74. The van der Waals surface area contributed by atoms with Gasteiger partial charge in [0.15, 0.2) is 0 Å². The number of aryl methyl sites for hydroxylation is 2. The van der Waals surface area contributed by atoms with Crippen LogP contribution in [0.25, 0.3) is 10.8 Å². The molecule has 2 heterocycles. The third-order valence-corrected chi connectivity index (χ3v) is 4.87. The van der Waals surface area contributed by atoms with E-state index in [0.29, 0.717) is 19.4 Å². The highest BCUT2D eigenvalue weighted by molar-refractivity contribution is 5.96. The number of oxime groups is 1. The zero-order chi connectivity index (χ0) is 18.8. The Bertz CT molecular complexity index is 1020. The second-order valence-corrected chi connectivity index (χ2v) is 6.90. The Morgan fingerprint density at radius 3 is 2.85 bits per heavy atom. The quantitative estimate of drug-likeness (QED) is 0.759. The summed E-state index contributed by atoms with van der Waals surface area (Å²) in [5.74, 6) is -0.144. The minimum absolute atomic E-state index is 0.144. The molecule has 138 valence electrons. The number of carbonyl (C=O) groups is 1. The van der Waals surface area contributed by atoms with Crippen molar-refractivity contribution < 1.29 is 9.63 Å². The summed E-state index contributed by atoms with van der Waals surface area (Å²) in [6.45, 7) is 2.37. The summed E-state index contributed by atoms with van der Waals surface area (Å²) in [5.41, 5.74) is 4.00. The van der Waals surface area contributed by atoms with E-state index in [4.69, 9.17) is 4.84 Å². The van der Waals surface area contributed by atoms with Crippen molar-refractivity contribution in [3.05, 3.63) is 65.5 Å². The molecule has 27 heavy (non-hydrogen) atoms. The summed E-state index contributed by atoms with van der Waals surface area (Å²) in [4.78, 5) is 17.8. The molecule has 0 bridgehead atoms. The molecule has 1 aliphatic rings. The van der Waals surface area contributed by atoms with Crippen LogP contribution in [0.1, 0.15) is 23.2 Å². The van der Waals surface area contributed by atoms with Crippen molar-refractivity contribution in [2.24, 2.45) is 12.2 Å². The van der Waals surface area contributed by atoms with Crippen LogP contribution in [0, 0.1) is 6.92 Å². The molecule has 0 spiro atoms. The molecule has 2 aromatic carbocycles. The van der Waals surface area contributed by atoms with Crippen LogP contribution in [0.2, 0.25) is 0 Å².